The van der Waals surface area contributed by atoms with Crippen molar-refractivity contribution in [3.8, 4) is 10.6 Å². The molecule has 5 heterocycles. The Bertz CT molecular complexity index is 1060. The van der Waals surface area contributed by atoms with Crippen LogP contribution in [-0.4, -0.2) is 57.9 Å². The van der Waals surface area contributed by atoms with Gasteiger partial charge in [0, 0.05) is 44.3 Å². The molecule has 0 aliphatic carbocycles. The lowest BCUT2D eigenvalue weighted by Gasteiger charge is -2.23. The second kappa shape index (κ2) is 8.92. The van der Waals surface area contributed by atoms with Crippen molar-refractivity contribution in [2.75, 3.05) is 31.1 Å². The summed E-state index contributed by atoms with van der Waals surface area (Å²) in [6.45, 7) is 3.97. The van der Waals surface area contributed by atoms with Gasteiger partial charge in [-0.2, -0.15) is 5.10 Å². The molecular weight excluding hydrogens is 410 g/mol. The average molecular weight is 440 g/mol. The number of piperidine rings is 1. The second-order valence-electron chi connectivity index (χ2n) is 8.46. The molecule has 2 fully saturated rings. The van der Waals surface area contributed by atoms with Crippen LogP contribution >= 0.6 is 11.3 Å². The maximum Gasteiger partial charge on any atom is 0.280 e. The number of nitrogens with zero attached hydrogens (tertiary/aromatic N) is 5. The summed E-state index contributed by atoms with van der Waals surface area (Å²) in [5.74, 6) is 0.918. The lowest BCUT2D eigenvalue weighted by Crippen LogP contribution is -2.45. The summed E-state index contributed by atoms with van der Waals surface area (Å²) >= 11 is 1.39. The van der Waals surface area contributed by atoms with Crippen LogP contribution in [0.15, 0.2) is 18.3 Å². The van der Waals surface area contributed by atoms with Crippen molar-refractivity contribution in [2.24, 2.45) is 7.05 Å². The van der Waals surface area contributed by atoms with E-state index in [9.17, 15) is 4.79 Å². The fourth-order valence-corrected chi connectivity index (χ4v) is 5.31. The molecule has 0 aromatic carbocycles. The van der Waals surface area contributed by atoms with Crippen molar-refractivity contribution in [1.82, 2.24) is 30.4 Å². The molecule has 2 aliphatic rings. The van der Waals surface area contributed by atoms with Crippen LogP contribution in [0.5, 0.6) is 0 Å². The van der Waals surface area contributed by atoms with Crippen LogP contribution in [0.25, 0.3) is 21.6 Å². The first-order valence-electron chi connectivity index (χ1n) is 11.3. The zero-order chi connectivity index (χ0) is 21.2. The van der Waals surface area contributed by atoms with E-state index in [0.29, 0.717) is 5.01 Å². The van der Waals surface area contributed by atoms with Gasteiger partial charge in [0.25, 0.3) is 5.91 Å². The summed E-state index contributed by atoms with van der Waals surface area (Å²) in [6, 6.07) is 4.38. The van der Waals surface area contributed by atoms with Gasteiger partial charge in [-0.1, -0.05) is 12.8 Å². The van der Waals surface area contributed by atoms with Gasteiger partial charge in [-0.15, -0.1) is 11.3 Å². The van der Waals surface area contributed by atoms with Gasteiger partial charge >= 0.3 is 0 Å². The van der Waals surface area contributed by atoms with Gasteiger partial charge in [-0.25, -0.2) is 14.6 Å². The van der Waals surface area contributed by atoms with E-state index < -0.39 is 0 Å². The number of hydrogen-bond donors (Lipinski definition) is 2. The standard InChI is InChI=1S/C22H29N7OS/c1-28-20-16(8-9-18(26-20)29-11-4-2-3-5-12-29)19(27-28)17-14-24-22(31-17)21(30)25-15-7-6-10-23-13-15/h8-9,14-15,23H,2-7,10-13H2,1H3,(H,25,30). The Labute approximate surface area is 186 Å². The molecule has 5 rings (SSSR count). The number of hydrogen-bond acceptors (Lipinski definition) is 7. The third kappa shape index (κ3) is 4.29. The molecule has 1 amide bonds. The molecule has 0 spiro atoms. The highest BCUT2D eigenvalue weighted by atomic mass is 32.1. The molecule has 9 heteroatoms. The number of fused-ring (bicyclic) bond motifs is 1. The number of amides is 1. The van der Waals surface area contributed by atoms with E-state index in [4.69, 9.17) is 10.1 Å². The van der Waals surface area contributed by atoms with Gasteiger partial charge in [0.15, 0.2) is 10.7 Å². The number of aryl methyl sites for hydroxylation is 1. The summed E-state index contributed by atoms with van der Waals surface area (Å²) in [4.78, 5) is 25.2. The molecule has 3 aromatic heterocycles. The number of anilines is 1. The Morgan fingerprint density at radius 1 is 1.19 bits per heavy atom. The van der Waals surface area contributed by atoms with Crippen molar-refractivity contribution < 1.29 is 4.79 Å². The largest absolute Gasteiger partial charge is 0.357 e. The minimum atomic E-state index is -0.105. The molecule has 0 saturated carbocycles. The Balaban J connectivity index is 1.38. The van der Waals surface area contributed by atoms with Gasteiger partial charge in [0.2, 0.25) is 0 Å². The topological polar surface area (TPSA) is 88.0 Å². The molecule has 0 radical (unpaired) electrons. The molecule has 2 N–H and O–H groups in total. The van der Waals surface area contributed by atoms with E-state index in [1.165, 1.54) is 37.0 Å². The number of thiazole rings is 1. The van der Waals surface area contributed by atoms with Crippen molar-refractivity contribution in [2.45, 2.75) is 44.6 Å². The summed E-state index contributed by atoms with van der Waals surface area (Å²) in [5, 5.41) is 12.6. The highest BCUT2D eigenvalue weighted by Crippen LogP contribution is 2.32. The molecule has 8 nitrogen and oxygen atoms in total. The zero-order valence-electron chi connectivity index (χ0n) is 17.9. The van der Waals surface area contributed by atoms with Gasteiger partial charge in [0.1, 0.15) is 11.5 Å². The maximum atomic E-state index is 12.6. The third-order valence-electron chi connectivity index (χ3n) is 6.17. The van der Waals surface area contributed by atoms with Gasteiger partial charge < -0.3 is 15.5 Å². The molecule has 2 saturated heterocycles. The molecule has 0 bridgehead atoms. The first kappa shape index (κ1) is 20.4. The Morgan fingerprint density at radius 3 is 2.81 bits per heavy atom. The molecule has 2 aliphatic heterocycles. The van der Waals surface area contributed by atoms with Crippen LogP contribution in [0.4, 0.5) is 5.82 Å². The van der Waals surface area contributed by atoms with Crippen LogP contribution in [0.2, 0.25) is 0 Å². The SMILES string of the molecule is Cn1nc(-c2cnc(C(=O)NC3CCCNC3)s2)c2ccc(N3CCCCCC3)nc21. The number of nitrogens with one attached hydrogen (secondary N) is 2. The zero-order valence-corrected chi connectivity index (χ0v) is 18.7. The van der Waals surface area contributed by atoms with Crippen molar-refractivity contribution >= 4 is 34.1 Å². The Morgan fingerprint density at radius 2 is 2.03 bits per heavy atom. The minimum absolute atomic E-state index is 0.105. The Hall–Kier alpha value is -2.52. The third-order valence-corrected chi connectivity index (χ3v) is 7.17. The predicted molar refractivity (Wildman–Crippen MR) is 124 cm³/mol. The highest BCUT2D eigenvalue weighted by Gasteiger charge is 2.21. The molecule has 164 valence electrons. The molecule has 31 heavy (non-hydrogen) atoms. The van der Waals surface area contributed by atoms with E-state index in [0.717, 1.165) is 66.4 Å². The quantitative estimate of drug-likeness (QED) is 0.650. The second-order valence-corrected chi connectivity index (χ2v) is 9.49. The number of rotatable bonds is 4. The highest BCUT2D eigenvalue weighted by molar-refractivity contribution is 7.17. The number of carbonyl (C=O) groups excluding carboxylic acids is 1. The predicted octanol–water partition coefficient (Wildman–Crippen LogP) is 2.95. The van der Waals surface area contributed by atoms with Crippen LogP contribution in [-0.2, 0) is 7.05 Å². The summed E-state index contributed by atoms with van der Waals surface area (Å²) < 4.78 is 1.83. The monoisotopic (exact) mass is 439 g/mol. The van der Waals surface area contributed by atoms with Crippen LogP contribution in [0, 0.1) is 0 Å². The molecule has 3 aromatic rings. The van der Waals surface area contributed by atoms with Crippen molar-refractivity contribution in [1.29, 1.82) is 0 Å². The summed E-state index contributed by atoms with van der Waals surface area (Å²) in [5.41, 5.74) is 1.70. The number of carbonyl (C=O) groups is 1. The minimum Gasteiger partial charge on any atom is -0.357 e. The maximum absolute atomic E-state index is 12.6. The van der Waals surface area contributed by atoms with E-state index in [-0.39, 0.29) is 11.9 Å². The van der Waals surface area contributed by atoms with E-state index in [1.54, 1.807) is 6.20 Å². The number of aromatic nitrogens is 4. The van der Waals surface area contributed by atoms with E-state index >= 15 is 0 Å². The summed E-state index contributed by atoms with van der Waals surface area (Å²) in [7, 11) is 1.93. The first-order valence-corrected chi connectivity index (χ1v) is 12.1. The van der Waals surface area contributed by atoms with Crippen LogP contribution in [0.1, 0.15) is 48.3 Å². The average Bonchev–Trinajstić information content (AvgIpc) is 3.30. The first-order chi connectivity index (χ1) is 15.2. The normalized spacial score (nSPS) is 20.0. The van der Waals surface area contributed by atoms with Crippen LogP contribution in [0.3, 0.4) is 0 Å². The van der Waals surface area contributed by atoms with Crippen molar-refractivity contribution in [3.63, 3.8) is 0 Å². The summed E-state index contributed by atoms with van der Waals surface area (Å²) in [6.07, 6.45) is 8.88. The fourth-order valence-electron chi connectivity index (χ4n) is 4.49. The fraction of sp³-hybridized carbons (Fsp3) is 0.545. The number of pyridine rings is 1. The Kier molecular flexibility index (Phi) is 5.87. The van der Waals surface area contributed by atoms with Gasteiger partial charge in [-0.05, 0) is 44.4 Å². The smallest absolute Gasteiger partial charge is 0.280 e. The lowest BCUT2D eigenvalue weighted by atomic mass is 10.1. The molecule has 1 unspecified atom stereocenters. The lowest BCUT2D eigenvalue weighted by molar-refractivity contribution is 0.0930. The van der Waals surface area contributed by atoms with Gasteiger partial charge in [0.05, 0.1) is 4.88 Å². The van der Waals surface area contributed by atoms with Crippen molar-refractivity contribution in [3.05, 3.63) is 23.3 Å². The molecule has 1 atom stereocenters. The van der Waals surface area contributed by atoms with Gasteiger partial charge in [-0.3, -0.25) is 4.79 Å². The molecular formula is C22H29N7OS. The van der Waals surface area contributed by atoms with Crippen LogP contribution < -0.4 is 15.5 Å². The van der Waals surface area contributed by atoms with E-state index in [2.05, 4.69) is 32.7 Å². The van der Waals surface area contributed by atoms with E-state index in [1.807, 2.05) is 11.7 Å².